The fourth-order valence-electron chi connectivity index (χ4n) is 2.07. The second kappa shape index (κ2) is 5.70. The number of ether oxygens (including phenoxy) is 1. The maximum atomic E-state index is 12.7. The highest BCUT2D eigenvalue weighted by atomic mass is 19.4. The van der Waals surface area contributed by atoms with E-state index < -0.39 is 11.7 Å². The molecule has 1 aliphatic heterocycles. The number of benzene rings is 1. The van der Waals surface area contributed by atoms with E-state index in [-0.39, 0.29) is 23.2 Å². The summed E-state index contributed by atoms with van der Waals surface area (Å²) in [4.78, 5) is 11.9. The monoisotopic (exact) mass is 288 g/mol. The number of nitrogens with one attached hydrogen (secondary N) is 1. The topological polar surface area (TPSA) is 64.3 Å². The Morgan fingerprint density at radius 1 is 1.40 bits per heavy atom. The summed E-state index contributed by atoms with van der Waals surface area (Å²) in [7, 11) is 0. The van der Waals surface area contributed by atoms with Crippen LogP contribution in [0.15, 0.2) is 18.2 Å². The number of amides is 1. The van der Waals surface area contributed by atoms with Crippen LogP contribution < -0.4 is 11.1 Å². The van der Waals surface area contributed by atoms with Crippen LogP contribution in [0.1, 0.15) is 18.4 Å². The molecule has 0 spiro atoms. The molecule has 3 N–H and O–H groups in total. The van der Waals surface area contributed by atoms with Crippen molar-refractivity contribution in [3.63, 3.8) is 0 Å². The summed E-state index contributed by atoms with van der Waals surface area (Å²) < 4.78 is 43.3. The molecular weight excluding hydrogens is 273 g/mol. The number of halogens is 3. The normalized spacial score (nSPS) is 19.6. The van der Waals surface area contributed by atoms with Gasteiger partial charge in [-0.05, 0) is 31.0 Å². The van der Waals surface area contributed by atoms with Crippen molar-refractivity contribution in [1.29, 1.82) is 0 Å². The van der Waals surface area contributed by atoms with Crippen molar-refractivity contribution >= 4 is 17.3 Å². The fourth-order valence-corrected chi connectivity index (χ4v) is 2.07. The second-order valence-corrected chi connectivity index (χ2v) is 4.70. The molecule has 1 aliphatic rings. The third kappa shape index (κ3) is 3.41. The molecule has 2 rings (SSSR count). The molecule has 0 radical (unpaired) electrons. The summed E-state index contributed by atoms with van der Waals surface area (Å²) in [5.41, 5.74) is 4.07. The highest BCUT2D eigenvalue weighted by Crippen LogP contribution is 2.35. The minimum absolute atomic E-state index is 0.0853. The largest absolute Gasteiger partial charge is 0.418 e. The number of alkyl halides is 3. The summed E-state index contributed by atoms with van der Waals surface area (Å²) in [6, 6.07) is 3.33. The lowest BCUT2D eigenvalue weighted by Gasteiger charge is -2.21. The molecule has 110 valence electrons. The molecule has 0 saturated carbocycles. The van der Waals surface area contributed by atoms with Crippen molar-refractivity contribution in [1.82, 2.24) is 0 Å². The van der Waals surface area contributed by atoms with Gasteiger partial charge in [-0.15, -0.1) is 0 Å². The van der Waals surface area contributed by atoms with E-state index in [1.165, 1.54) is 6.07 Å². The maximum absolute atomic E-state index is 12.7. The third-order valence-corrected chi connectivity index (χ3v) is 3.16. The molecule has 4 nitrogen and oxygen atoms in total. The zero-order chi connectivity index (χ0) is 14.8. The van der Waals surface area contributed by atoms with Crippen LogP contribution in [-0.2, 0) is 15.7 Å². The zero-order valence-corrected chi connectivity index (χ0v) is 10.7. The number of rotatable bonds is 2. The Labute approximate surface area is 114 Å². The van der Waals surface area contributed by atoms with Crippen LogP contribution in [-0.4, -0.2) is 19.1 Å². The number of carbonyl (C=O) groups is 1. The quantitative estimate of drug-likeness (QED) is 0.822. The number of carbonyl (C=O) groups excluding carboxylic acids is 1. The van der Waals surface area contributed by atoms with E-state index >= 15 is 0 Å². The second-order valence-electron chi connectivity index (χ2n) is 4.70. The van der Waals surface area contributed by atoms with E-state index in [9.17, 15) is 18.0 Å². The molecule has 1 amide bonds. The smallest absolute Gasteiger partial charge is 0.398 e. The van der Waals surface area contributed by atoms with Gasteiger partial charge >= 0.3 is 6.18 Å². The average molecular weight is 288 g/mol. The van der Waals surface area contributed by atoms with Gasteiger partial charge in [-0.25, -0.2) is 0 Å². The SMILES string of the molecule is Nc1ccc(NC(=O)C2CCCOC2)cc1C(F)(F)F. The van der Waals surface area contributed by atoms with Crippen molar-refractivity contribution < 1.29 is 22.7 Å². The van der Waals surface area contributed by atoms with Crippen LogP contribution in [0.25, 0.3) is 0 Å². The van der Waals surface area contributed by atoms with Gasteiger partial charge in [0, 0.05) is 18.0 Å². The predicted molar refractivity (Wildman–Crippen MR) is 68.0 cm³/mol. The van der Waals surface area contributed by atoms with Crippen LogP contribution in [0.2, 0.25) is 0 Å². The molecule has 0 aliphatic carbocycles. The van der Waals surface area contributed by atoms with Gasteiger partial charge in [0.25, 0.3) is 0 Å². The zero-order valence-electron chi connectivity index (χ0n) is 10.7. The van der Waals surface area contributed by atoms with Gasteiger partial charge in [-0.2, -0.15) is 13.2 Å². The molecule has 7 heteroatoms. The lowest BCUT2D eigenvalue weighted by molar-refractivity contribution is -0.137. The Hall–Kier alpha value is -1.76. The molecule has 0 bridgehead atoms. The van der Waals surface area contributed by atoms with E-state index in [0.29, 0.717) is 19.6 Å². The van der Waals surface area contributed by atoms with E-state index in [1.54, 1.807) is 0 Å². The summed E-state index contributed by atoms with van der Waals surface area (Å²) in [5.74, 6) is -0.654. The van der Waals surface area contributed by atoms with Crippen LogP contribution in [0.3, 0.4) is 0 Å². The Morgan fingerprint density at radius 3 is 2.75 bits per heavy atom. The number of nitrogens with two attached hydrogens (primary N) is 1. The van der Waals surface area contributed by atoms with Gasteiger partial charge in [-0.1, -0.05) is 0 Å². The van der Waals surface area contributed by atoms with Crippen molar-refractivity contribution in [2.75, 3.05) is 24.3 Å². The summed E-state index contributed by atoms with van der Waals surface area (Å²) in [6.07, 6.45) is -3.10. The number of hydrogen-bond acceptors (Lipinski definition) is 3. The van der Waals surface area contributed by atoms with Crippen molar-refractivity contribution in [2.24, 2.45) is 5.92 Å². The lowest BCUT2D eigenvalue weighted by atomic mass is 10.0. The van der Waals surface area contributed by atoms with Crippen molar-refractivity contribution in [3.05, 3.63) is 23.8 Å². The van der Waals surface area contributed by atoms with Crippen molar-refractivity contribution in [2.45, 2.75) is 19.0 Å². The summed E-state index contributed by atoms with van der Waals surface area (Å²) >= 11 is 0. The van der Waals surface area contributed by atoms with Crippen LogP contribution in [0, 0.1) is 5.92 Å². The number of anilines is 2. The molecule has 1 saturated heterocycles. The Kier molecular flexibility index (Phi) is 4.17. The van der Waals surface area contributed by atoms with E-state index in [2.05, 4.69) is 5.32 Å². The first-order chi connectivity index (χ1) is 9.38. The first-order valence-electron chi connectivity index (χ1n) is 6.23. The predicted octanol–water partition coefficient (Wildman–Crippen LogP) is 2.65. The van der Waals surface area contributed by atoms with Gasteiger partial charge in [0.15, 0.2) is 0 Å². The molecule has 0 aromatic heterocycles. The molecular formula is C13H15F3N2O2. The minimum Gasteiger partial charge on any atom is -0.398 e. The van der Waals surface area contributed by atoms with Crippen LogP contribution in [0.4, 0.5) is 24.5 Å². The van der Waals surface area contributed by atoms with Crippen LogP contribution >= 0.6 is 0 Å². The Morgan fingerprint density at radius 2 is 2.15 bits per heavy atom. The molecule has 1 aromatic carbocycles. The van der Waals surface area contributed by atoms with Gasteiger partial charge in [0.05, 0.1) is 18.1 Å². The average Bonchev–Trinajstić information content (AvgIpc) is 2.40. The van der Waals surface area contributed by atoms with E-state index in [0.717, 1.165) is 18.6 Å². The van der Waals surface area contributed by atoms with Crippen molar-refractivity contribution in [3.8, 4) is 0 Å². The van der Waals surface area contributed by atoms with E-state index in [1.807, 2.05) is 0 Å². The Balaban J connectivity index is 2.11. The summed E-state index contributed by atoms with van der Waals surface area (Å²) in [6.45, 7) is 0.913. The number of nitrogen functional groups attached to an aromatic ring is 1. The maximum Gasteiger partial charge on any atom is 0.418 e. The molecule has 20 heavy (non-hydrogen) atoms. The Bertz CT molecular complexity index is 497. The molecule has 1 unspecified atom stereocenters. The van der Waals surface area contributed by atoms with Gasteiger partial charge in [0.1, 0.15) is 0 Å². The van der Waals surface area contributed by atoms with Gasteiger partial charge < -0.3 is 15.8 Å². The first-order valence-corrected chi connectivity index (χ1v) is 6.23. The fraction of sp³-hybridized carbons (Fsp3) is 0.462. The lowest BCUT2D eigenvalue weighted by Crippen LogP contribution is -2.30. The number of hydrogen-bond donors (Lipinski definition) is 2. The highest BCUT2D eigenvalue weighted by Gasteiger charge is 2.33. The molecule has 1 aromatic rings. The highest BCUT2D eigenvalue weighted by molar-refractivity contribution is 5.93. The molecule has 1 fully saturated rings. The van der Waals surface area contributed by atoms with Crippen LogP contribution in [0.5, 0.6) is 0 Å². The molecule has 1 atom stereocenters. The summed E-state index contributed by atoms with van der Waals surface area (Å²) in [5, 5.41) is 2.48. The molecule has 1 heterocycles. The van der Waals surface area contributed by atoms with Gasteiger partial charge in [0.2, 0.25) is 5.91 Å². The van der Waals surface area contributed by atoms with E-state index in [4.69, 9.17) is 10.5 Å². The standard InChI is InChI=1S/C13H15F3N2O2/c14-13(15,16)10-6-9(3-4-11(10)17)18-12(19)8-2-1-5-20-7-8/h3-4,6,8H,1-2,5,7,17H2,(H,18,19). The third-order valence-electron chi connectivity index (χ3n) is 3.16. The first kappa shape index (κ1) is 14.6. The minimum atomic E-state index is -4.54. The van der Waals surface area contributed by atoms with Gasteiger partial charge in [-0.3, -0.25) is 4.79 Å².